The average molecular weight is 487 g/mol. The van der Waals surface area contributed by atoms with Crippen molar-refractivity contribution in [3.05, 3.63) is 29.3 Å². The largest absolute Gasteiger partial charge is 0.465 e. The van der Waals surface area contributed by atoms with Gasteiger partial charge in [-0.15, -0.1) is 24.8 Å². The van der Waals surface area contributed by atoms with E-state index in [0.29, 0.717) is 18.7 Å². The van der Waals surface area contributed by atoms with E-state index >= 15 is 0 Å². The number of carbonyl (C=O) groups excluding carboxylic acids is 2. The van der Waals surface area contributed by atoms with Crippen molar-refractivity contribution in [2.45, 2.75) is 57.5 Å². The zero-order chi connectivity index (χ0) is 20.9. The minimum atomic E-state index is -0.193. The zero-order valence-electron chi connectivity index (χ0n) is 18.8. The molecule has 0 bridgehead atoms. The van der Waals surface area contributed by atoms with Crippen LogP contribution in [0.4, 0.5) is 10.5 Å². The maximum atomic E-state index is 13.2. The highest BCUT2D eigenvalue weighted by Gasteiger charge is 2.36. The van der Waals surface area contributed by atoms with Crippen molar-refractivity contribution < 1.29 is 14.3 Å². The number of halogens is 2. The first-order valence-corrected chi connectivity index (χ1v) is 11.5. The third kappa shape index (κ3) is 6.28. The highest BCUT2D eigenvalue weighted by molar-refractivity contribution is 5.94. The number of benzene rings is 1. The van der Waals surface area contributed by atoms with Crippen LogP contribution in [0.2, 0.25) is 0 Å². The normalized spacial score (nSPS) is 23.0. The number of esters is 1. The van der Waals surface area contributed by atoms with Crippen molar-refractivity contribution in [1.29, 1.82) is 0 Å². The van der Waals surface area contributed by atoms with Gasteiger partial charge in [0.25, 0.3) is 0 Å². The van der Waals surface area contributed by atoms with E-state index in [2.05, 4.69) is 33.7 Å². The summed E-state index contributed by atoms with van der Waals surface area (Å²) < 4.78 is 4.98. The van der Waals surface area contributed by atoms with Gasteiger partial charge in [-0.25, -0.2) is 4.79 Å². The van der Waals surface area contributed by atoms with Crippen molar-refractivity contribution >= 4 is 42.5 Å². The molecule has 0 unspecified atom stereocenters. The van der Waals surface area contributed by atoms with Crippen LogP contribution in [-0.2, 0) is 22.4 Å². The molecule has 2 aliphatic heterocycles. The minimum Gasteiger partial charge on any atom is -0.465 e. The van der Waals surface area contributed by atoms with Crippen molar-refractivity contribution in [2.24, 2.45) is 0 Å². The molecule has 1 aromatic rings. The summed E-state index contributed by atoms with van der Waals surface area (Å²) in [4.78, 5) is 28.7. The van der Waals surface area contributed by atoms with E-state index < -0.39 is 0 Å². The molecule has 32 heavy (non-hydrogen) atoms. The molecular formula is C23H36Cl2N4O3. The fourth-order valence-electron chi connectivity index (χ4n) is 4.99. The maximum absolute atomic E-state index is 13.2. The Morgan fingerprint density at radius 3 is 2.53 bits per heavy atom. The Labute approximate surface area is 203 Å². The van der Waals surface area contributed by atoms with Crippen LogP contribution >= 0.6 is 24.8 Å². The quantitative estimate of drug-likeness (QED) is 0.604. The summed E-state index contributed by atoms with van der Waals surface area (Å²) >= 11 is 0. The van der Waals surface area contributed by atoms with Gasteiger partial charge in [0, 0.05) is 30.9 Å². The van der Waals surface area contributed by atoms with Crippen LogP contribution < -0.4 is 15.5 Å². The molecular weight excluding hydrogens is 451 g/mol. The number of amides is 2. The van der Waals surface area contributed by atoms with Crippen LogP contribution in [0, 0.1) is 0 Å². The molecule has 2 fully saturated rings. The SMILES string of the molecule is CCOC(=O)CN[C@H]1CC[C@H](N2CCN(c3ccc4c(c3)CCNCC4)C2=O)CC1.Cl.Cl. The van der Waals surface area contributed by atoms with Gasteiger partial charge in [-0.3, -0.25) is 9.69 Å². The van der Waals surface area contributed by atoms with Crippen molar-refractivity contribution in [2.75, 3.05) is 44.2 Å². The van der Waals surface area contributed by atoms with Crippen molar-refractivity contribution in [1.82, 2.24) is 15.5 Å². The van der Waals surface area contributed by atoms with Crippen LogP contribution in [0.1, 0.15) is 43.7 Å². The molecule has 7 nitrogen and oxygen atoms in total. The van der Waals surface area contributed by atoms with Crippen molar-refractivity contribution in [3.8, 4) is 0 Å². The highest BCUT2D eigenvalue weighted by Crippen LogP contribution is 2.30. The Balaban J connectivity index is 0.00000181. The van der Waals surface area contributed by atoms with Gasteiger partial charge in [0.05, 0.1) is 13.2 Å². The first-order valence-electron chi connectivity index (χ1n) is 11.5. The van der Waals surface area contributed by atoms with E-state index in [4.69, 9.17) is 4.74 Å². The second kappa shape index (κ2) is 12.6. The lowest BCUT2D eigenvalue weighted by Gasteiger charge is -2.34. The van der Waals surface area contributed by atoms with E-state index in [1.54, 1.807) is 0 Å². The summed E-state index contributed by atoms with van der Waals surface area (Å²) in [6.07, 6.45) is 6.02. The number of hydrogen-bond donors (Lipinski definition) is 2. The van der Waals surface area contributed by atoms with Crippen LogP contribution in [0.15, 0.2) is 18.2 Å². The molecule has 2 amide bonds. The smallest absolute Gasteiger partial charge is 0.324 e. The Bertz CT molecular complexity index is 772. The number of urea groups is 1. The molecule has 2 heterocycles. The third-order valence-corrected chi connectivity index (χ3v) is 6.66. The van der Waals surface area contributed by atoms with Gasteiger partial charge in [-0.05, 0) is 81.8 Å². The molecule has 1 saturated carbocycles. The molecule has 9 heteroatoms. The summed E-state index contributed by atoms with van der Waals surface area (Å²) in [5.74, 6) is -0.193. The molecule has 3 aliphatic rings. The second-order valence-corrected chi connectivity index (χ2v) is 8.52. The van der Waals surface area contributed by atoms with Gasteiger partial charge >= 0.3 is 12.0 Å². The fourth-order valence-corrected chi connectivity index (χ4v) is 4.99. The summed E-state index contributed by atoms with van der Waals surface area (Å²) in [6, 6.07) is 7.31. The molecule has 0 aromatic heterocycles. The van der Waals surface area contributed by atoms with Gasteiger partial charge in [0.15, 0.2) is 0 Å². The van der Waals surface area contributed by atoms with Crippen molar-refractivity contribution in [3.63, 3.8) is 0 Å². The first kappa shape index (κ1) is 26.7. The average Bonchev–Trinajstić information content (AvgIpc) is 2.99. The van der Waals surface area contributed by atoms with Crippen LogP contribution in [0.5, 0.6) is 0 Å². The summed E-state index contributed by atoms with van der Waals surface area (Å²) in [5, 5.41) is 6.75. The number of anilines is 1. The van der Waals surface area contributed by atoms with E-state index in [1.165, 1.54) is 11.1 Å². The minimum absolute atomic E-state index is 0. The van der Waals surface area contributed by atoms with Crippen LogP contribution in [0.3, 0.4) is 0 Å². The van der Waals surface area contributed by atoms with Gasteiger partial charge < -0.3 is 20.3 Å². The Kier molecular flexibility index (Phi) is 10.5. The lowest BCUT2D eigenvalue weighted by Crippen LogP contribution is -2.45. The van der Waals surface area contributed by atoms with Crippen LogP contribution in [0.25, 0.3) is 0 Å². The lowest BCUT2D eigenvalue weighted by molar-refractivity contribution is -0.142. The number of ether oxygens (including phenoxy) is 1. The number of nitrogens with one attached hydrogen (secondary N) is 2. The topological polar surface area (TPSA) is 73.9 Å². The second-order valence-electron chi connectivity index (χ2n) is 8.52. The van der Waals surface area contributed by atoms with Crippen LogP contribution in [-0.4, -0.2) is 68.3 Å². The monoisotopic (exact) mass is 486 g/mol. The summed E-state index contributed by atoms with van der Waals surface area (Å²) in [5.41, 5.74) is 3.81. The Morgan fingerprint density at radius 1 is 1.09 bits per heavy atom. The first-order chi connectivity index (χ1) is 14.7. The number of fused-ring (bicyclic) bond motifs is 1. The Morgan fingerprint density at radius 2 is 1.81 bits per heavy atom. The standard InChI is InChI=1S/C23H34N4O3.2ClH/c1-2-30-22(28)16-25-19-4-7-20(8-5-19)26-13-14-27(23(26)29)21-6-3-17-9-11-24-12-10-18(17)15-21;;/h3,6,15,19-20,24-25H,2,4-5,7-14,16H2,1H3;2*1H/t19-,20-;;. The fraction of sp³-hybridized carbons (Fsp3) is 0.652. The van der Waals surface area contributed by atoms with Gasteiger partial charge in [0.2, 0.25) is 0 Å². The zero-order valence-corrected chi connectivity index (χ0v) is 20.4. The number of carbonyl (C=O) groups is 2. The molecule has 0 atom stereocenters. The molecule has 2 N–H and O–H groups in total. The molecule has 1 aromatic carbocycles. The molecule has 1 saturated heterocycles. The third-order valence-electron chi connectivity index (χ3n) is 6.66. The predicted molar refractivity (Wildman–Crippen MR) is 131 cm³/mol. The molecule has 0 radical (unpaired) electrons. The van der Waals surface area contributed by atoms with Gasteiger partial charge in [0.1, 0.15) is 0 Å². The maximum Gasteiger partial charge on any atom is 0.324 e. The summed E-state index contributed by atoms with van der Waals surface area (Å²) in [6.45, 7) is 6.10. The van der Waals surface area contributed by atoms with E-state index in [0.717, 1.165) is 70.4 Å². The highest BCUT2D eigenvalue weighted by atomic mass is 35.5. The number of rotatable bonds is 6. The van der Waals surface area contributed by atoms with E-state index in [1.807, 2.05) is 11.8 Å². The number of nitrogens with zero attached hydrogens (tertiary/aromatic N) is 2. The Hall–Kier alpha value is -1.54. The van der Waals surface area contributed by atoms with E-state index in [-0.39, 0.29) is 43.4 Å². The van der Waals surface area contributed by atoms with Gasteiger partial charge in [-0.1, -0.05) is 6.07 Å². The molecule has 4 rings (SSSR count). The summed E-state index contributed by atoms with van der Waals surface area (Å²) in [7, 11) is 0. The molecule has 0 spiro atoms. The lowest BCUT2D eigenvalue weighted by atomic mass is 9.90. The van der Waals surface area contributed by atoms with Gasteiger partial charge in [-0.2, -0.15) is 0 Å². The molecule has 1 aliphatic carbocycles. The molecule has 180 valence electrons. The number of hydrogen-bond acceptors (Lipinski definition) is 5. The predicted octanol–water partition coefficient (Wildman–Crippen LogP) is 2.92. The van der Waals surface area contributed by atoms with E-state index in [9.17, 15) is 9.59 Å².